The summed E-state index contributed by atoms with van der Waals surface area (Å²) in [5.41, 5.74) is 6.46. The van der Waals surface area contributed by atoms with E-state index in [4.69, 9.17) is 14.6 Å². The second-order valence-corrected chi connectivity index (χ2v) is 14.5. The molecule has 0 aromatic heterocycles. The smallest absolute Gasteiger partial charge is 0.393 e. The summed E-state index contributed by atoms with van der Waals surface area (Å²) in [6.45, 7) is 6.72. The molecule has 13 heteroatoms. The molecule has 4 aliphatic heterocycles. The minimum atomic E-state index is -4.11. The molecule has 290 valence electrons. The zero-order valence-corrected chi connectivity index (χ0v) is 30.7. The van der Waals surface area contributed by atoms with Crippen LogP contribution in [-0.2, 0) is 22.4 Å². The number of β-lactam (4-membered cyclic amide) rings is 1. The van der Waals surface area contributed by atoms with E-state index in [9.17, 15) is 26.7 Å². The molecule has 4 heterocycles. The summed E-state index contributed by atoms with van der Waals surface area (Å²) in [6.07, 6.45) is -0.351. The fraction of sp³-hybridized carbons (Fsp3) is 0.550. The monoisotopic (exact) mass is 746 g/mol. The standard InChI is InChI=1S/C28H32F3NO.C11H17F2N3O.CH2O2/c1-3-8-20-9-4-13-24-23(20)12-6-14-25(24)27-21(10-5-15-26(27)33-2)16-18-32-17-7-11-22(19-32)28(29,30)31;1-8(12)6-15-4-2-10(3-5-15)9(17)16-11(10,13)7-14-16;2-1-3/h4-6,9-10,12-15,22H,3,7-8,11,16-19H2,1-2H3;8,14H,2-7H2,1H3;1H,(H,2,3). The molecule has 1 spiro atoms. The van der Waals surface area contributed by atoms with Crippen molar-refractivity contribution in [2.45, 2.75) is 76.9 Å². The van der Waals surface area contributed by atoms with E-state index in [1.165, 1.54) is 23.3 Å². The van der Waals surface area contributed by atoms with Gasteiger partial charge >= 0.3 is 6.18 Å². The highest BCUT2D eigenvalue weighted by atomic mass is 19.4. The molecule has 0 aliphatic carbocycles. The Balaban J connectivity index is 0.000000225. The number of hydrogen-bond donors (Lipinski definition) is 2. The second-order valence-electron chi connectivity index (χ2n) is 14.5. The maximum absolute atomic E-state index is 14.4. The summed E-state index contributed by atoms with van der Waals surface area (Å²) < 4.78 is 72.8. The number of alkyl halides is 5. The van der Waals surface area contributed by atoms with Crippen LogP contribution in [0.25, 0.3) is 21.9 Å². The maximum Gasteiger partial charge on any atom is 0.393 e. The van der Waals surface area contributed by atoms with Crippen LogP contribution in [0.5, 0.6) is 5.75 Å². The molecule has 4 fully saturated rings. The Morgan fingerprint density at radius 1 is 1.00 bits per heavy atom. The van der Waals surface area contributed by atoms with Gasteiger partial charge in [-0.05, 0) is 98.6 Å². The minimum absolute atomic E-state index is 0.0947. The second kappa shape index (κ2) is 17.1. The van der Waals surface area contributed by atoms with E-state index in [-0.39, 0.29) is 31.9 Å². The van der Waals surface area contributed by atoms with Gasteiger partial charge in [0.2, 0.25) is 5.79 Å². The van der Waals surface area contributed by atoms with E-state index in [1.54, 1.807) is 7.11 Å². The number of carboxylic acid groups (broad SMARTS) is 1. The number of aryl methyl sites for hydroxylation is 1. The average molecular weight is 747 g/mol. The minimum Gasteiger partial charge on any atom is -0.496 e. The summed E-state index contributed by atoms with van der Waals surface area (Å²) in [5.74, 6) is -2.02. The fourth-order valence-electron chi connectivity index (χ4n) is 8.45. The lowest BCUT2D eigenvalue weighted by Crippen LogP contribution is -2.90. The van der Waals surface area contributed by atoms with E-state index in [2.05, 4.69) is 54.8 Å². The predicted octanol–water partition coefficient (Wildman–Crippen LogP) is 7.44. The Labute approximate surface area is 308 Å². The molecule has 3 aromatic rings. The number of halogens is 5. The van der Waals surface area contributed by atoms with Crippen molar-refractivity contribution >= 4 is 23.2 Å². The number of benzene rings is 3. The van der Waals surface area contributed by atoms with E-state index in [0.29, 0.717) is 51.9 Å². The first-order chi connectivity index (χ1) is 25.3. The summed E-state index contributed by atoms with van der Waals surface area (Å²) >= 11 is 0. The molecule has 0 bridgehead atoms. The summed E-state index contributed by atoms with van der Waals surface area (Å²) in [4.78, 5) is 24.2. The molecular formula is C40H51F5N4O4. The largest absolute Gasteiger partial charge is 0.496 e. The molecule has 1 amide bonds. The molecule has 3 atom stereocenters. The third-order valence-electron chi connectivity index (χ3n) is 11.2. The van der Waals surface area contributed by atoms with Crippen LogP contribution in [0.3, 0.4) is 0 Å². The molecule has 2 N–H and O–H groups in total. The van der Waals surface area contributed by atoms with Gasteiger partial charge in [-0.3, -0.25) is 9.59 Å². The van der Waals surface area contributed by atoms with Crippen LogP contribution in [0, 0.1) is 11.3 Å². The molecule has 7 rings (SSSR count). The molecule has 4 aliphatic rings. The van der Waals surface area contributed by atoms with Crippen molar-refractivity contribution in [1.82, 2.24) is 20.2 Å². The molecule has 0 radical (unpaired) electrons. The van der Waals surface area contributed by atoms with Crippen LogP contribution in [0.2, 0.25) is 0 Å². The van der Waals surface area contributed by atoms with E-state index < -0.39 is 29.5 Å². The summed E-state index contributed by atoms with van der Waals surface area (Å²) in [6, 6.07) is 18.9. The molecule has 53 heavy (non-hydrogen) atoms. The van der Waals surface area contributed by atoms with Crippen molar-refractivity contribution in [3.05, 3.63) is 65.7 Å². The van der Waals surface area contributed by atoms with Gasteiger partial charge in [0.15, 0.2) is 0 Å². The third kappa shape index (κ3) is 8.32. The normalized spacial score (nSPS) is 23.1. The average Bonchev–Trinajstić information content (AvgIpc) is 3.13. The predicted molar refractivity (Wildman–Crippen MR) is 195 cm³/mol. The van der Waals surface area contributed by atoms with Crippen LogP contribution in [0.1, 0.15) is 57.1 Å². The van der Waals surface area contributed by atoms with Crippen LogP contribution >= 0.6 is 0 Å². The van der Waals surface area contributed by atoms with E-state index in [1.807, 2.05) is 21.9 Å². The van der Waals surface area contributed by atoms with Gasteiger partial charge in [0.1, 0.15) is 17.3 Å². The SMILES string of the molecule is CC(F)CN1CCC2(CC1)C(=O)N1NCC12F.CCCc1cccc2c(-c3c(CCN4CCCC(C(F)(F)F)C4)cccc3OC)cccc12.O=CO. The maximum atomic E-state index is 14.4. The molecule has 8 nitrogen and oxygen atoms in total. The van der Waals surface area contributed by atoms with Gasteiger partial charge in [-0.2, -0.15) is 13.2 Å². The summed E-state index contributed by atoms with van der Waals surface area (Å²) in [5, 5.41) is 10.4. The molecule has 4 saturated heterocycles. The number of nitrogens with one attached hydrogen (secondary N) is 1. The lowest BCUT2D eigenvalue weighted by Gasteiger charge is -2.67. The number of ether oxygens (including phenoxy) is 1. The number of hydrazine groups is 1. The zero-order valence-electron chi connectivity index (χ0n) is 30.7. The van der Waals surface area contributed by atoms with Gasteiger partial charge in [0.05, 0.1) is 19.6 Å². The van der Waals surface area contributed by atoms with Gasteiger partial charge in [-0.1, -0.05) is 61.9 Å². The third-order valence-corrected chi connectivity index (χ3v) is 11.2. The van der Waals surface area contributed by atoms with E-state index in [0.717, 1.165) is 46.8 Å². The number of methoxy groups -OCH3 is 1. The molecular weight excluding hydrogens is 695 g/mol. The highest BCUT2D eigenvalue weighted by molar-refractivity contribution is 6.00. The van der Waals surface area contributed by atoms with Crippen molar-refractivity contribution < 1.29 is 41.4 Å². The van der Waals surface area contributed by atoms with Crippen molar-refractivity contribution in [2.24, 2.45) is 11.3 Å². The van der Waals surface area contributed by atoms with Gasteiger partial charge in [0, 0.05) is 25.2 Å². The van der Waals surface area contributed by atoms with Gasteiger partial charge < -0.3 is 19.6 Å². The number of likely N-dealkylation sites (tertiary alicyclic amines) is 2. The highest BCUT2D eigenvalue weighted by Gasteiger charge is 2.77. The van der Waals surface area contributed by atoms with Gasteiger partial charge in [-0.15, -0.1) is 0 Å². The topological polar surface area (TPSA) is 85.4 Å². The van der Waals surface area contributed by atoms with Crippen molar-refractivity contribution in [1.29, 1.82) is 0 Å². The Bertz CT molecular complexity index is 1710. The number of fused-ring (bicyclic) bond motifs is 3. The van der Waals surface area contributed by atoms with Crippen molar-refractivity contribution in [2.75, 3.05) is 52.9 Å². The Hall–Kier alpha value is -3.81. The van der Waals surface area contributed by atoms with Crippen molar-refractivity contribution in [3.63, 3.8) is 0 Å². The molecule has 3 aromatic carbocycles. The quantitative estimate of drug-likeness (QED) is 0.102. The number of carbonyl (C=O) groups excluding carboxylic acids is 1. The zero-order chi connectivity index (χ0) is 38.4. The van der Waals surface area contributed by atoms with Crippen LogP contribution < -0.4 is 10.2 Å². The Morgan fingerprint density at radius 2 is 1.66 bits per heavy atom. The first-order valence-corrected chi connectivity index (χ1v) is 18.5. The van der Waals surface area contributed by atoms with E-state index >= 15 is 0 Å². The van der Waals surface area contributed by atoms with Gasteiger partial charge in [0.25, 0.3) is 12.4 Å². The number of piperidine rings is 2. The number of amides is 1. The molecule has 0 saturated carbocycles. The number of nitrogens with zero attached hydrogens (tertiary/aromatic N) is 3. The van der Waals surface area contributed by atoms with Crippen molar-refractivity contribution in [3.8, 4) is 16.9 Å². The van der Waals surface area contributed by atoms with Crippen LogP contribution in [-0.4, -0.2) is 103 Å². The number of hydrogen-bond acceptors (Lipinski definition) is 6. The first-order valence-electron chi connectivity index (χ1n) is 18.5. The van der Waals surface area contributed by atoms with Crippen LogP contribution in [0.4, 0.5) is 22.0 Å². The lowest BCUT2D eigenvalue weighted by atomic mass is 9.61. The molecule has 3 unspecified atom stereocenters. The Kier molecular flexibility index (Phi) is 13.0. The summed E-state index contributed by atoms with van der Waals surface area (Å²) in [7, 11) is 1.68. The fourth-order valence-corrected chi connectivity index (χ4v) is 8.45. The number of rotatable bonds is 9. The number of carbonyl (C=O) groups is 2. The van der Waals surface area contributed by atoms with Gasteiger partial charge in [-0.25, -0.2) is 19.2 Å². The first kappa shape index (κ1) is 40.4. The van der Waals surface area contributed by atoms with Crippen LogP contribution in [0.15, 0.2) is 54.6 Å². The lowest BCUT2D eigenvalue weighted by molar-refractivity contribution is -0.297. The Morgan fingerprint density at radius 3 is 2.26 bits per heavy atom. The highest BCUT2D eigenvalue weighted by Crippen LogP contribution is 2.58.